The van der Waals surface area contributed by atoms with Crippen molar-refractivity contribution in [2.75, 3.05) is 11.9 Å². The summed E-state index contributed by atoms with van der Waals surface area (Å²) < 4.78 is 51.0. The maximum Gasteiger partial charge on any atom is 0.405 e. The van der Waals surface area contributed by atoms with E-state index in [9.17, 15) is 27.2 Å². The normalized spacial score (nSPS) is 11.8. The number of carbonyl (C=O) groups excluding carboxylic acids is 2. The molecule has 0 saturated carbocycles. The minimum atomic E-state index is -4.58. The number of carbonyl (C=O) groups is 2. The van der Waals surface area contributed by atoms with Crippen LogP contribution in [0.25, 0.3) is 0 Å². The van der Waals surface area contributed by atoms with E-state index in [1.54, 1.807) is 5.32 Å². The van der Waals surface area contributed by atoms with Crippen LogP contribution in [0.1, 0.15) is 41.8 Å². The third-order valence-corrected chi connectivity index (χ3v) is 4.49. The standard InChI is InChI=1S/C21H22F4N2O2/c1-13-16(22)9-14(19(29)26-12-21(23,24)25)10-17(13)27-18(28)11-20(2,3)15-7-5-4-6-8-15/h4-10H,11-12H2,1-3H3,(H,26,29)(H,27,28). The Balaban J connectivity index is 2.16. The van der Waals surface area contributed by atoms with Crippen molar-refractivity contribution in [3.8, 4) is 0 Å². The summed E-state index contributed by atoms with van der Waals surface area (Å²) in [5.74, 6) is -2.29. The van der Waals surface area contributed by atoms with Crippen LogP contribution < -0.4 is 10.6 Å². The molecule has 0 aliphatic rings. The third-order valence-electron chi connectivity index (χ3n) is 4.49. The molecule has 2 aromatic carbocycles. The summed E-state index contributed by atoms with van der Waals surface area (Å²) >= 11 is 0. The zero-order valence-electron chi connectivity index (χ0n) is 16.3. The molecule has 0 aromatic heterocycles. The average Bonchev–Trinajstić information content (AvgIpc) is 2.63. The van der Waals surface area contributed by atoms with Crippen LogP contribution in [0.3, 0.4) is 0 Å². The summed E-state index contributed by atoms with van der Waals surface area (Å²) in [6.45, 7) is 3.64. The molecule has 0 aliphatic heterocycles. The van der Waals surface area contributed by atoms with E-state index in [1.165, 1.54) is 6.92 Å². The first-order valence-electron chi connectivity index (χ1n) is 8.89. The van der Waals surface area contributed by atoms with Gasteiger partial charge in [0.15, 0.2) is 0 Å². The number of anilines is 1. The fraction of sp³-hybridized carbons (Fsp3) is 0.333. The van der Waals surface area contributed by atoms with Gasteiger partial charge in [-0.25, -0.2) is 4.39 Å². The van der Waals surface area contributed by atoms with E-state index in [-0.39, 0.29) is 23.2 Å². The first-order chi connectivity index (χ1) is 13.4. The Labute approximate surface area is 166 Å². The molecule has 0 saturated heterocycles. The molecular formula is C21H22F4N2O2. The summed E-state index contributed by atoms with van der Waals surface area (Å²) in [7, 11) is 0. The van der Waals surface area contributed by atoms with Crippen molar-refractivity contribution in [3.05, 3.63) is 65.0 Å². The van der Waals surface area contributed by atoms with Crippen LogP contribution in [-0.2, 0) is 10.2 Å². The van der Waals surface area contributed by atoms with Crippen molar-refractivity contribution in [3.63, 3.8) is 0 Å². The lowest BCUT2D eigenvalue weighted by molar-refractivity contribution is -0.123. The van der Waals surface area contributed by atoms with E-state index < -0.39 is 35.8 Å². The lowest BCUT2D eigenvalue weighted by Crippen LogP contribution is -2.33. The van der Waals surface area contributed by atoms with Crippen LogP contribution in [-0.4, -0.2) is 24.5 Å². The molecule has 0 bridgehead atoms. The molecular weight excluding hydrogens is 388 g/mol. The topological polar surface area (TPSA) is 58.2 Å². The lowest BCUT2D eigenvalue weighted by atomic mass is 9.81. The highest BCUT2D eigenvalue weighted by Gasteiger charge is 2.28. The second-order valence-corrected chi connectivity index (χ2v) is 7.40. The van der Waals surface area contributed by atoms with Gasteiger partial charge in [0, 0.05) is 23.2 Å². The molecule has 2 amide bonds. The number of nitrogens with one attached hydrogen (secondary N) is 2. The van der Waals surface area contributed by atoms with E-state index in [4.69, 9.17) is 0 Å². The van der Waals surface area contributed by atoms with E-state index in [2.05, 4.69) is 5.32 Å². The lowest BCUT2D eigenvalue weighted by Gasteiger charge is -2.25. The molecule has 2 N–H and O–H groups in total. The van der Waals surface area contributed by atoms with Gasteiger partial charge in [-0.1, -0.05) is 44.2 Å². The largest absolute Gasteiger partial charge is 0.405 e. The number of hydrogen-bond donors (Lipinski definition) is 2. The number of hydrogen-bond acceptors (Lipinski definition) is 2. The molecule has 2 aromatic rings. The highest BCUT2D eigenvalue weighted by molar-refractivity contribution is 5.98. The minimum Gasteiger partial charge on any atom is -0.343 e. The van der Waals surface area contributed by atoms with Crippen molar-refractivity contribution in [1.29, 1.82) is 0 Å². The molecule has 0 heterocycles. The molecule has 4 nitrogen and oxygen atoms in total. The van der Waals surface area contributed by atoms with Crippen LogP contribution in [0.15, 0.2) is 42.5 Å². The van der Waals surface area contributed by atoms with Crippen LogP contribution >= 0.6 is 0 Å². The Kier molecular flexibility index (Phi) is 6.66. The molecule has 0 aliphatic carbocycles. The predicted molar refractivity (Wildman–Crippen MR) is 102 cm³/mol. The van der Waals surface area contributed by atoms with Crippen molar-refractivity contribution in [2.24, 2.45) is 0 Å². The van der Waals surface area contributed by atoms with Gasteiger partial charge in [0.05, 0.1) is 0 Å². The zero-order chi connectivity index (χ0) is 21.8. The van der Waals surface area contributed by atoms with E-state index in [1.807, 2.05) is 44.2 Å². The summed E-state index contributed by atoms with van der Waals surface area (Å²) in [6.07, 6.45) is -4.50. The molecule has 29 heavy (non-hydrogen) atoms. The molecule has 0 unspecified atom stereocenters. The first-order valence-corrected chi connectivity index (χ1v) is 8.89. The molecule has 0 fully saturated rings. The third kappa shape index (κ3) is 6.30. The first kappa shape index (κ1) is 22.4. The van der Waals surface area contributed by atoms with Gasteiger partial charge in [-0.2, -0.15) is 13.2 Å². The Bertz CT molecular complexity index is 894. The fourth-order valence-electron chi connectivity index (χ4n) is 2.81. The summed E-state index contributed by atoms with van der Waals surface area (Å²) in [6, 6.07) is 11.4. The molecule has 0 spiro atoms. The van der Waals surface area contributed by atoms with Crippen molar-refractivity contribution < 1.29 is 27.2 Å². The van der Waals surface area contributed by atoms with Gasteiger partial charge in [-0.15, -0.1) is 0 Å². The van der Waals surface area contributed by atoms with Gasteiger partial charge < -0.3 is 10.6 Å². The van der Waals surface area contributed by atoms with Gasteiger partial charge in [0.25, 0.3) is 5.91 Å². The zero-order valence-corrected chi connectivity index (χ0v) is 16.3. The SMILES string of the molecule is Cc1c(F)cc(C(=O)NCC(F)(F)F)cc1NC(=O)CC(C)(C)c1ccccc1. The average molecular weight is 410 g/mol. The van der Waals surface area contributed by atoms with E-state index in [0.717, 1.165) is 17.7 Å². The van der Waals surface area contributed by atoms with Gasteiger partial charge in [-0.05, 0) is 30.0 Å². The van der Waals surface area contributed by atoms with Crippen molar-refractivity contribution in [1.82, 2.24) is 5.32 Å². The van der Waals surface area contributed by atoms with Crippen LogP contribution in [0.5, 0.6) is 0 Å². The number of halogens is 4. The van der Waals surface area contributed by atoms with E-state index in [0.29, 0.717) is 0 Å². The monoisotopic (exact) mass is 410 g/mol. The number of alkyl halides is 3. The molecule has 8 heteroatoms. The highest BCUT2D eigenvalue weighted by atomic mass is 19.4. The second kappa shape index (κ2) is 8.63. The van der Waals surface area contributed by atoms with Crippen molar-refractivity contribution >= 4 is 17.5 Å². The molecule has 156 valence electrons. The number of benzene rings is 2. The Morgan fingerprint density at radius 1 is 1.03 bits per heavy atom. The van der Waals surface area contributed by atoms with Crippen molar-refractivity contribution in [2.45, 2.75) is 38.8 Å². The molecule has 0 radical (unpaired) electrons. The maximum atomic E-state index is 14.2. The van der Waals surface area contributed by atoms with Gasteiger partial charge >= 0.3 is 6.18 Å². The van der Waals surface area contributed by atoms with Gasteiger partial charge in [0.1, 0.15) is 12.4 Å². The molecule has 2 rings (SSSR count). The van der Waals surface area contributed by atoms with Crippen LogP contribution in [0.2, 0.25) is 0 Å². The summed E-state index contributed by atoms with van der Waals surface area (Å²) in [4.78, 5) is 24.4. The summed E-state index contributed by atoms with van der Waals surface area (Å²) in [5.41, 5.74) is 0.256. The molecule has 0 atom stereocenters. The summed E-state index contributed by atoms with van der Waals surface area (Å²) in [5, 5.41) is 4.25. The number of amides is 2. The van der Waals surface area contributed by atoms with Gasteiger partial charge in [-0.3, -0.25) is 9.59 Å². The second-order valence-electron chi connectivity index (χ2n) is 7.40. The predicted octanol–water partition coefficient (Wildman–Crippen LogP) is 4.73. The fourth-order valence-corrected chi connectivity index (χ4v) is 2.81. The van der Waals surface area contributed by atoms with Gasteiger partial charge in [0.2, 0.25) is 5.91 Å². The Morgan fingerprint density at radius 3 is 2.24 bits per heavy atom. The Hall–Kier alpha value is -2.90. The van der Waals surface area contributed by atoms with Crippen LogP contribution in [0, 0.1) is 12.7 Å². The maximum absolute atomic E-state index is 14.2. The van der Waals surface area contributed by atoms with Crippen LogP contribution in [0.4, 0.5) is 23.2 Å². The quantitative estimate of drug-likeness (QED) is 0.677. The highest BCUT2D eigenvalue weighted by Crippen LogP contribution is 2.28. The smallest absolute Gasteiger partial charge is 0.343 e. The Morgan fingerprint density at radius 2 is 1.66 bits per heavy atom. The van der Waals surface area contributed by atoms with E-state index >= 15 is 0 Å². The number of rotatable bonds is 6. The minimum absolute atomic E-state index is 0.0380.